The summed E-state index contributed by atoms with van der Waals surface area (Å²) in [6, 6.07) is 10.2. The maximum atomic E-state index is 2.65. The number of hydrogen-bond donors (Lipinski definition) is 0. The molecule has 88 valence electrons. The van der Waals surface area contributed by atoms with Crippen LogP contribution in [0.1, 0.15) is 38.7 Å². The lowest BCUT2D eigenvalue weighted by Crippen LogP contribution is -2.43. The van der Waals surface area contributed by atoms with E-state index < -0.39 is 0 Å². The normalized spacial score (nSPS) is 26.9. The number of benzene rings is 1. The average Bonchev–Trinajstić information content (AvgIpc) is 2.26. The maximum Gasteiger partial charge on any atom is 0.0249 e. The van der Waals surface area contributed by atoms with Crippen molar-refractivity contribution in [2.45, 2.75) is 51.7 Å². The molecule has 16 heavy (non-hydrogen) atoms. The molecule has 2 atom stereocenters. The van der Waals surface area contributed by atoms with Crippen LogP contribution in [-0.4, -0.2) is 17.0 Å². The largest absolute Gasteiger partial charge is 0.294 e. The van der Waals surface area contributed by atoms with Crippen LogP contribution < -0.4 is 0 Å². The van der Waals surface area contributed by atoms with Gasteiger partial charge >= 0.3 is 0 Å². The third-order valence-corrected chi connectivity index (χ3v) is 4.74. The highest BCUT2D eigenvalue weighted by atomic mass is 127. The molecule has 0 N–H and O–H groups in total. The van der Waals surface area contributed by atoms with Crippen LogP contribution in [0.25, 0.3) is 0 Å². The van der Waals surface area contributed by atoms with Gasteiger partial charge in [0.15, 0.2) is 0 Å². The molecule has 1 aliphatic rings. The Morgan fingerprint density at radius 2 is 1.81 bits per heavy atom. The molecule has 2 unspecified atom stereocenters. The van der Waals surface area contributed by atoms with Gasteiger partial charge in [0.2, 0.25) is 0 Å². The summed E-state index contributed by atoms with van der Waals surface area (Å²) in [6.07, 6.45) is 4.10. The van der Waals surface area contributed by atoms with E-state index in [2.05, 4.69) is 65.6 Å². The van der Waals surface area contributed by atoms with Gasteiger partial charge < -0.3 is 0 Å². The van der Waals surface area contributed by atoms with Crippen molar-refractivity contribution in [3.63, 3.8) is 0 Å². The summed E-state index contributed by atoms with van der Waals surface area (Å²) in [7, 11) is 0. The molecule has 0 aliphatic carbocycles. The van der Waals surface area contributed by atoms with Gasteiger partial charge in [-0.15, -0.1) is 0 Å². The minimum atomic E-state index is 0.736. The Morgan fingerprint density at radius 3 is 2.44 bits per heavy atom. The van der Waals surface area contributed by atoms with Crippen LogP contribution in [0.2, 0.25) is 0 Å². The zero-order valence-corrected chi connectivity index (χ0v) is 12.3. The molecule has 2 heteroatoms. The lowest BCUT2D eigenvalue weighted by atomic mass is 9.97. The molecule has 1 aliphatic heterocycles. The Kier molecular flexibility index (Phi) is 4.25. The highest BCUT2D eigenvalue weighted by Crippen LogP contribution is 2.25. The molecular weight excluding hydrogens is 309 g/mol. The van der Waals surface area contributed by atoms with Crippen molar-refractivity contribution in [3.8, 4) is 0 Å². The molecule has 1 fully saturated rings. The van der Waals surface area contributed by atoms with E-state index in [1.807, 2.05) is 0 Å². The first kappa shape index (κ1) is 12.4. The van der Waals surface area contributed by atoms with Gasteiger partial charge in [-0.05, 0) is 60.9 Å². The molecule has 0 bridgehead atoms. The summed E-state index contributed by atoms with van der Waals surface area (Å²) in [5.74, 6) is 0. The van der Waals surface area contributed by atoms with Gasteiger partial charge in [0.1, 0.15) is 0 Å². The van der Waals surface area contributed by atoms with Crippen LogP contribution >= 0.6 is 22.6 Å². The van der Waals surface area contributed by atoms with Gasteiger partial charge in [-0.25, -0.2) is 0 Å². The van der Waals surface area contributed by atoms with Crippen LogP contribution in [0.4, 0.5) is 0 Å². The summed E-state index contributed by atoms with van der Waals surface area (Å²) in [6.45, 7) is 5.85. The molecule has 0 amide bonds. The van der Waals surface area contributed by atoms with Gasteiger partial charge in [-0.2, -0.15) is 0 Å². The van der Waals surface area contributed by atoms with Crippen molar-refractivity contribution < 1.29 is 0 Å². The highest BCUT2D eigenvalue weighted by molar-refractivity contribution is 14.1. The zero-order valence-electron chi connectivity index (χ0n) is 10.1. The topological polar surface area (TPSA) is 3.24 Å². The van der Waals surface area contributed by atoms with Crippen LogP contribution in [0.5, 0.6) is 0 Å². The molecule has 1 nitrogen and oxygen atoms in total. The molecule has 1 aromatic carbocycles. The van der Waals surface area contributed by atoms with Crippen molar-refractivity contribution in [2.75, 3.05) is 0 Å². The summed E-state index contributed by atoms with van der Waals surface area (Å²) in [4.78, 5) is 2.65. The fraction of sp³-hybridized carbons (Fsp3) is 0.571. The van der Waals surface area contributed by atoms with Gasteiger partial charge in [-0.3, -0.25) is 4.90 Å². The summed E-state index contributed by atoms with van der Waals surface area (Å²) < 4.78 is 1.39. The zero-order chi connectivity index (χ0) is 11.5. The third kappa shape index (κ3) is 2.77. The lowest BCUT2D eigenvalue weighted by molar-refractivity contribution is 0.0950. The van der Waals surface area contributed by atoms with Crippen molar-refractivity contribution in [3.05, 3.63) is 33.4 Å². The second kappa shape index (κ2) is 5.50. The molecule has 0 radical (unpaired) electrons. The molecule has 0 spiro atoms. The summed E-state index contributed by atoms with van der Waals surface area (Å²) in [5.41, 5.74) is 1.48. The third-order valence-electron chi connectivity index (χ3n) is 3.69. The standard InChI is InChI=1S/C14H20IN/c1-11-6-5-7-12(2)16(11)10-13-8-3-4-9-14(13)15/h3-4,8-9,11-12H,5-7,10H2,1-2H3. The SMILES string of the molecule is CC1CCCC(C)N1Cc1ccccc1I. The van der Waals surface area contributed by atoms with E-state index in [4.69, 9.17) is 0 Å². The molecule has 1 aromatic rings. The number of hydrogen-bond acceptors (Lipinski definition) is 1. The van der Waals surface area contributed by atoms with E-state index in [1.165, 1.54) is 28.4 Å². The van der Waals surface area contributed by atoms with E-state index in [-0.39, 0.29) is 0 Å². The molecule has 2 rings (SSSR count). The van der Waals surface area contributed by atoms with Gasteiger partial charge in [-0.1, -0.05) is 24.6 Å². The number of rotatable bonds is 2. The Bertz CT molecular complexity index is 340. The summed E-state index contributed by atoms with van der Waals surface area (Å²) >= 11 is 2.44. The van der Waals surface area contributed by atoms with Crippen molar-refractivity contribution >= 4 is 22.6 Å². The Hall–Kier alpha value is -0.0900. The van der Waals surface area contributed by atoms with E-state index in [9.17, 15) is 0 Å². The first-order valence-corrected chi connectivity index (χ1v) is 7.25. The minimum Gasteiger partial charge on any atom is -0.294 e. The second-order valence-electron chi connectivity index (χ2n) is 4.89. The fourth-order valence-electron chi connectivity index (χ4n) is 2.61. The smallest absolute Gasteiger partial charge is 0.0249 e. The highest BCUT2D eigenvalue weighted by Gasteiger charge is 2.24. The monoisotopic (exact) mass is 329 g/mol. The molecule has 1 heterocycles. The Labute approximate surface area is 112 Å². The van der Waals surface area contributed by atoms with Gasteiger partial charge in [0, 0.05) is 22.2 Å². The van der Waals surface area contributed by atoms with Gasteiger partial charge in [0.05, 0.1) is 0 Å². The van der Waals surface area contributed by atoms with Crippen LogP contribution in [-0.2, 0) is 6.54 Å². The molecule has 1 saturated heterocycles. The predicted molar refractivity (Wildman–Crippen MR) is 77.5 cm³/mol. The van der Waals surface area contributed by atoms with E-state index in [0.717, 1.165) is 18.6 Å². The Balaban J connectivity index is 2.11. The van der Waals surface area contributed by atoms with Crippen molar-refractivity contribution in [1.82, 2.24) is 4.90 Å². The quantitative estimate of drug-likeness (QED) is 0.740. The number of nitrogens with zero attached hydrogens (tertiary/aromatic N) is 1. The maximum absolute atomic E-state index is 2.65. The number of piperidine rings is 1. The Morgan fingerprint density at radius 1 is 1.19 bits per heavy atom. The summed E-state index contributed by atoms with van der Waals surface area (Å²) in [5, 5.41) is 0. The number of halogens is 1. The average molecular weight is 329 g/mol. The van der Waals surface area contributed by atoms with E-state index >= 15 is 0 Å². The lowest BCUT2D eigenvalue weighted by Gasteiger charge is -2.39. The van der Waals surface area contributed by atoms with Crippen LogP contribution in [0.3, 0.4) is 0 Å². The van der Waals surface area contributed by atoms with Gasteiger partial charge in [0.25, 0.3) is 0 Å². The predicted octanol–water partition coefficient (Wildman–Crippen LogP) is 4.05. The fourth-order valence-corrected chi connectivity index (χ4v) is 3.17. The van der Waals surface area contributed by atoms with Crippen molar-refractivity contribution in [1.29, 1.82) is 0 Å². The van der Waals surface area contributed by atoms with Crippen molar-refractivity contribution in [2.24, 2.45) is 0 Å². The first-order chi connectivity index (χ1) is 7.68. The minimum absolute atomic E-state index is 0.736. The molecule has 0 aromatic heterocycles. The van der Waals surface area contributed by atoms with Crippen LogP contribution in [0.15, 0.2) is 24.3 Å². The van der Waals surface area contributed by atoms with E-state index in [0.29, 0.717) is 0 Å². The second-order valence-corrected chi connectivity index (χ2v) is 6.05. The molecule has 0 saturated carbocycles. The molecular formula is C14H20IN. The first-order valence-electron chi connectivity index (χ1n) is 6.17. The van der Waals surface area contributed by atoms with Crippen LogP contribution in [0, 0.1) is 3.57 Å². The van der Waals surface area contributed by atoms with E-state index in [1.54, 1.807) is 0 Å². The number of likely N-dealkylation sites (tertiary alicyclic amines) is 1.